The molecule has 1 fully saturated rings. The van der Waals surface area contributed by atoms with E-state index < -0.39 is 0 Å². The van der Waals surface area contributed by atoms with Gasteiger partial charge in [-0.1, -0.05) is 44.2 Å². The summed E-state index contributed by atoms with van der Waals surface area (Å²) < 4.78 is 10.9. The fourth-order valence-corrected chi connectivity index (χ4v) is 2.97. The first kappa shape index (κ1) is 19.7. The number of hydrogen-bond acceptors (Lipinski definition) is 4. The van der Waals surface area contributed by atoms with E-state index in [4.69, 9.17) is 9.47 Å². The summed E-state index contributed by atoms with van der Waals surface area (Å²) in [6.45, 7) is 5.26. The second-order valence-corrected chi connectivity index (χ2v) is 7.08. The smallest absolute Gasteiger partial charge is 0.414 e. The predicted molar refractivity (Wildman–Crippen MR) is 108 cm³/mol. The van der Waals surface area contributed by atoms with Crippen LogP contribution in [-0.2, 0) is 9.53 Å². The number of rotatable bonds is 8. The Morgan fingerprint density at radius 2 is 1.89 bits per heavy atom. The summed E-state index contributed by atoms with van der Waals surface area (Å²) in [5.41, 5.74) is 2.03. The lowest BCUT2D eigenvalue weighted by Crippen LogP contribution is -2.35. The molecule has 2 aromatic rings. The molecular formula is C22H26N2O4. The number of carbonyl (C=O) groups excluding carboxylic acids is 2. The third-order valence-corrected chi connectivity index (χ3v) is 4.61. The molecule has 1 aliphatic heterocycles. The SMILES string of the molecule is CC(C)c1ccc(N2CC(CNC(=O)CCOc3ccccc3)OC2=O)cc1. The third kappa shape index (κ3) is 5.25. The minimum absolute atomic E-state index is 0.133. The fourth-order valence-electron chi connectivity index (χ4n) is 2.97. The van der Waals surface area contributed by atoms with Gasteiger partial charge in [-0.2, -0.15) is 0 Å². The molecule has 2 aromatic carbocycles. The normalized spacial score (nSPS) is 16.2. The topological polar surface area (TPSA) is 67.9 Å². The molecule has 0 bridgehead atoms. The van der Waals surface area contributed by atoms with Crippen molar-refractivity contribution in [3.63, 3.8) is 0 Å². The van der Waals surface area contributed by atoms with E-state index in [0.717, 1.165) is 11.4 Å². The molecule has 2 amide bonds. The Bertz CT molecular complexity index is 790. The van der Waals surface area contributed by atoms with Gasteiger partial charge in [0.2, 0.25) is 5.91 Å². The van der Waals surface area contributed by atoms with Gasteiger partial charge >= 0.3 is 6.09 Å². The Labute approximate surface area is 165 Å². The lowest BCUT2D eigenvalue weighted by Gasteiger charge is -2.14. The van der Waals surface area contributed by atoms with Gasteiger partial charge in [0.05, 0.1) is 26.1 Å². The van der Waals surface area contributed by atoms with Crippen LogP contribution in [0, 0.1) is 0 Å². The van der Waals surface area contributed by atoms with E-state index in [2.05, 4.69) is 19.2 Å². The number of anilines is 1. The number of hydrogen-bond donors (Lipinski definition) is 1. The van der Waals surface area contributed by atoms with Crippen LogP contribution in [0.1, 0.15) is 31.7 Å². The molecule has 0 radical (unpaired) electrons. The summed E-state index contributed by atoms with van der Waals surface area (Å²) in [5, 5.41) is 2.80. The van der Waals surface area contributed by atoms with Gasteiger partial charge in [-0.3, -0.25) is 9.69 Å². The molecule has 6 heteroatoms. The van der Waals surface area contributed by atoms with E-state index in [1.54, 1.807) is 4.90 Å². The number of para-hydroxylation sites is 1. The molecule has 3 rings (SSSR count). The Hall–Kier alpha value is -3.02. The van der Waals surface area contributed by atoms with E-state index in [1.165, 1.54) is 5.56 Å². The standard InChI is InChI=1S/C22H26N2O4/c1-16(2)17-8-10-18(11-9-17)24-15-20(28-22(24)26)14-23-21(25)12-13-27-19-6-4-3-5-7-19/h3-11,16,20H,12-15H2,1-2H3,(H,23,25). The van der Waals surface area contributed by atoms with E-state index in [1.807, 2.05) is 54.6 Å². The molecule has 1 saturated heterocycles. The second kappa shape index (κ2) is 9.26. The fraction of sp³-hybridized carbons (Fsp3) is 0.364. The van der Waals surface area contributed by atoms with E-state index in [-0.39, 0.29) is 31.1 Å². The van der Waals surface area contributed by atoms with Crippen molar-refractivity contribution in [2.24, 2.45) is 0 Å². The molecule has 1 N–H and O–H groups in total. The zero-order chi connectivity index (χ0) is 19.9. The number of benzene rings is 2. The van der Waals surface area contributed by atoms with Crippen molar-refractivity contribution in [2.75, 3.05) is 24.6 Å². The molecule has 28 heavy (non-hydrogen) atoms. The number of nitrogens with one attached hydrogen (secondary N) is 1. The van der Waals surface area contributed by atoms with Crippen molar-refractivity contribution in [3.05, 3.63) is 60.2 Å². The van der Waals surface area contributed by atoms with Gasteiger partial charge in [0.1, 0.15) is 11.9 Å². The summed E-state index contributed by atoms with van der Waals surface area (Å²) in [6, 6.07) is 17.3. The highest BCUT2D eigenvalue weighted by Crippen LogP contribution is 2.24. The van der Waals surface area contributed by atoms with Crippen LogP contribution in [0.4, 0.5) is 10.5 Å². The quantitative estimate of drug-likeness (QED) is 0.756. The molecule has 0 saturated carbocycles. The maximum atomic E-state index is 12.1. The van der Waals surface area contributed by atoms with Gasteiger partial charge in [-0.15, -0.1) is 0 Å². The Balaban J connectivity index is 1.42. The summed E-state index contributed by atoms with van der Waals surface area (Å²) in [7, 11) is 0. The van der Waals surface area contributed by atoms with Gasteiger partial charge in [-0.25, -0.2) is 4.79 Å². The highest BCUT2D eigenvalue weighted by atomic mass is 16.6. The Kier molecular flexibility index (Phi) is 6.53. The average Bonchev–Trinajstić information content (AvgIpc) is 3.08. The summed E-state index contributed by atoms with van der Waals surface area (Å²) in [6.07, 6.45) is -0.504. The van der Waals surface area contributed by atoms with Crippen molar-refractivity contribution < 1.29 is 19.1 Å². The maximum Gasteiger partial charge on any atom is 0.414 e. The highest BCUT2D eigenvalue weighted by molar-refractivity contribution is 5.89. The molecule has 0 spiro atoms. The summed E-state index contributed by atoms with van der Waals surface area (Å²) in [4.78, 5) is 25.7. The van der Waals surface area contributed by atoms with Crippen molar-refractivity contribution >= 4 is 17.7 Å². The zero-order valence-corrected chi connectivity index (χ0v) is 16.3. The highest BCUT2D eigenvalue weighted by Gasteiger charge is 2.32. The van der Waals surface area contributed by atoms with Gasteiger partial charge in [0.15, 0.2) is 0 Å². The molecule has 0 aliphatic carbocycles. The number of cyclic esters (lactones) is 1. The zero-order valence-electron chi connectivity index (χ0n) is 16.3. The van der Waals surface area contributed by atoms with Crippen LogP contribution in [0.3, 0.4) is 0 Å². The van der Waals surface area contributed by atoms with Crippen molar-refractivity contribution in [1.82, 2.24) is 5.32 Å². The first-order valence-electron chi connectivity index (χ1n) is 9.55. The largest absolute Gasteiger partial charge is 0.493 e. The van der Waals surface area contributed by atoms with E-state index in [9.17, 15) is 9.59 Å². The van der Waals surface area contributed by atoms with Gasteiger partial charge in [-0.05, 0) is 35.7 Å². The van der Waals surface area contributed by atoms with Crippen LogP contribution in [0.25, 0.3) is 0 Å². The third-order valence-electron chi connectivity index (χ3n) is 4.61. The minimum atomic E-state index is -0.385. The van der Waals surface area contributed by atoms with Crippen molar-refractivity contribution in [1.29, 1.82) is 0 Å². The number of carbonyl (C=O) groups is 2. The van der Waals surface area contributed by atoms with E-state index >= 15 is 0 Å². The predicted octanol–water partition coefficient (Wildman–Crippen LogP) is 3.72. The lowest BCUT2D eigenvalue weighted by molar-refractivity contribution is -0.121. The van der Waals surface area contributed by atoms with Crippen LogP contribution in [0.2, 0.25) is 0 Å². The molecule has 6 nitrogen and oxygen atoms in total. The van der Waals surface area contributed by atoms with Crippen LogP contribution in [-0.4, -0.2) is 37.8 Å². The first-order chi connectivity index (χ1) is 13.5. The monoisotopic (exact) mass is 382 g/mol. The molecule has 1 unspecified atom stereocenters. The average molecular weight is 382 g/mol. The van der Waals surface area contributed by atoms with Crippen molar-refractivity contribution in [2.45, 2.75) is 32.3 Å². The second-order valence-electron chi connectivity index (χ2n) is 7.08. The van der Waals surface area contributed by atoms with Crippen LogP contribution < -0.4 is 15.0 Å². The maximum absolute atomic E-state index is 12.1. The van der Waals surface area contributed by atoms with Crippen LogP contribution in [0.15, 0.2) is 54.6 Å². The lowest BCUT2D eigenvalue weighted by atomic mass is 10.0. The van der Waals surface area contributed by atoms with Crippen LogP contribution >= 0.6 is 0 Å². The summed E-state index contributed by atoms with van der Waals surface area (Å²) in [5.74, 6) is 1.04. The van der Waals surface area contributed by atoms with Gasteiger partial charge in [0.25, 0.3) is 0 Å². The Morgan fingerprint density at radius 3 is 2.57 bits per heavy atom. The molecule has 1 heterocycles. The van der Waals surface area contributed by atoms with Gasteiger partial charge in [0, 0.05) is 5.69 Å². The molecular weight excluding hydrogens is 356 g/mol. The minimum Gasteiger partial charge on any atom is -0.493 e. The molecule has 1 aliphatic rings. The van der Waals surface area contributed by atoms with Crippen LogP contribution in [0.5, 0.6) is 5.75 Å². The van der Waals surface area contributed by atoms with E-state index in [0.29, 0.717) is 19.1 Å². The Morgan fingerprint density at radius 1 is 1.18 bits per heavy atom. The molecule has 0 aromatic heterocycles. The molecule has 148 valence electrons. The summed E-state index contributed by atoms with van der Waals surface area (Å²) >= 11 is 0. The number of ether oxygens (including phenoxy) is 2. The van der Waals surface area contributed by atoms with Gasteiger partial charge < -0.3 is 14.8 Å². The molecule has 1 atom stereocenters. The first-order valence-corrected chi connectivity index (χ1v) is 9.55. The number of nitrogens with zero attached hydrogens (tertiary/aromatic N) is 1. The number of amides is 2. The van der Waals surface area contributed by atoms with Crippen molar-refractivity contribution in [3.8, 4) is 5.75 Å².